The first-order valence-corrected chi connectivity index (χ1v) is 9.40. The van der Waals surface area contributed by atoms with E-state index in [1.165, 1.54) is 17.0 Å². The minimum absolute atomic E-state index is 0.174. The monoisotopic (exact) mass is 424 g/mol. The Morgan fingerprint density at radius 2 is 1.83 bits per heavy atom. The summed E-state index contributed by atoms with van der Waals surface area (Å²) in [5.74, 6) is -2.21. The van der Waals surface area contributed by atoms with Crippen molar-refractivity contribution in [3.63, 3.8) is 0 Å². The fraction of sp³-hybridized carbons (Fsp3) is 0.474. The number of nitrogens with zero attached hydrogens (tertiary/aromatic N) is 1. The summed E-state index contributed by atoms with van der Waals surface area (Å²) < 4.78 is 0. The van der Waals surface area contributed by atoms with E-state index in [1.54, 1.807) is 6.07 Å². The summed E-state index contributed by atoms with van der Waals surface area (Å²) in [5, 5.41) is 31.4. The summed E-state index contributed by atoms with van der Waals surface area (Å²) in [4.78, 5) is 46.2. The number of nitrogens with two attached hydrogens (primary N) is 1. The molecule has 0 radical (unpaired) electrons. The van der Waals surface area contributed by atoms with Gasteiger partial charge < -0.3 is 36.6 Å². The van der Waals surface area contributed by atoms with Crippen molar-refractivity contribution < 1.29 is 34.5 Å². The van der Waals surface area contributed by atoms with E-state index in [0.29, 0.717) is 25.9 Å². The molecule has 1 aliphatic heterocycles. The number of carboxylic acid groups (broad SMARTS) is 1. The lowest BCUT2D eigenvalue weighted by Gasteiger charge is -2.24. The molecule has 1 heterocycles. The lowest BCUT2D eigenvalue weighted by molar-refractivity contribution is -0.138. The average Bonchev–Trinajstić information content (AvgIpc) is 3.18. The Morgan fingerprint density at radius 1 is 1.17 bits per heavy atom. The van der Waals surface area contributed by atoms with Crippen molar-refractivity contribution in [3.05, 3.63) is 23.8 Å². The molecule has 1 fully saturated rings. The molecule has 0 saturated carbocycles. The molecule has 30 heavy (non-hydrogen) atoms. The van der Waals surface area contributed by atoms with E-state index < -0.39 is 17.9 Å². The van der Waals surface area contributed by atoms with E-state index in [1.807, 2.05) is 0 Å². The van der Waals surface area contributed by atoms with Gasteiger partial charge >= 0.3 is 0 Å². The Labute approximate surface area is 173 Å². The number of aliphatic carboxylic acids is 1. The summed E-state index contributed by atoms with van der Waals surface area (Å²) in [6.07, 6.45) is 1.77. The van der Waals surface area contributed by atoms with E-state index in [4.69, 9.17) is 15.6 Å². The van der Waals surface area contributed by atoms with Gasteiger partial charge in [0, 0.05) is 20.0 Å². The van der Waals surface area contributed by atoms with Crippen LogP contribution < -0.4 is 16.4 Å². The van der Waals surface area contributed by atoms with Gasteiger partial charge in [-0.1, -0.05) is 6.07 Å². The van der Waals surface area contributed by atoms with Crippen molar-refractivity contribution in [1.82, 2.24) is 15.5 Å². The molecule has 2 rings (SSSR count). The van der Waals surface area contributed by atoms with Crippen LogP contribution in [0.25, 0.3) is 0 Å². The highest BCUT2D eigenvalue weighted by molar-refractivity contribution is 5.90. The summed E-state index contributed by atoms with van der Waals surface area (Å²) in [5.41, 5.74) is 5.95. The lowest BCUT2D eigenvalue weighted by atomic mass is 10.1. The fourth-order valence-corrected chi connectivity index (χ4v) is 2.86. The lowest BCUT2D eigenvalue weighted by Crippen LogP contribution is -2.49. The molecule has 0 unspecified atom stereocenters. The van der Waals surface area contributed by atoms with Crippen LogP contribution in [0.5, 0.6) is 11.5 Å². The first-order chi connectivity index (χ1) is 14.1. The van der Waals surface area contributed by atoms with E-state index in [9.17, 15) is 24.6 Å². The minimum Gasteiger partial charge on any atom is -0.504 e. The molecule has 11 nitrogen and oxygen atoms in total. The zero-order chi connectivity index (χ0) is 22.7. The number of hydrogen-bond acceptors (Lipinski definition) is 7. The van der Waals surface area contributed by atoms with Crippen LogP contribution in [0.15, 0.2) is 18.2 Å². The second-order valence-corrected chi connectivity index (χ2v) is 6.61. The number of carbonyl (C=O) groups excluding carboxylic acids is 3. The number of rotatable bonds is 7. The van der Waals surface area contributed by atoms with Gasteiger partial charge in [-0.3, -0.25) is 19.2 Å². The van der Waals surface area contributed by atoms with Gasteiger partial charge in [-0.05, 0) is 37.0 Å². The third-order valence-electron chi connectivity index (χ3n) is 4.25. The number of likely N-dealkylation sites (tertiary alicyclic amines) is 1. The third-order valence-corrected chi connectivity index (χ3v) is 4.25. The second-order valence-electron chi connectivity index (χ2n) is 6.61. The Hall–Kier alpha value is -3.34. The Kier molecular flexibility index (Phi) is 10.1. The Bertz CT molecular complexity index is 765. The average molecular weight is 424 g/mol. The predicted molar refractivity (Wildman–Crippen MR) is 107 cm³/mol. The van der Waals surface area contributed by atoms with Crippen molar-refractivity contribution in [2.24, 2.45) is 5.73 Å². The number of amides is 3. The molecule has 1 aliphatic rings. The van der Waals surface area contributed by atoms with Gasteiger partial charge in [0.05, 0.1) is 13.1 Å². The molecule has 1 aromatic rings. The van der Waals surface area contributed by atoms with Crippen LogP contribution in [0.1, 0.15) is 25.3 Å². The van der Waals surface area contributed by atoms with E-state index in [-0.39, 0.29) is 36.4 Å². The minimum atomic E-state index is -0.833. The maximum Gasteiger partial charge on any atom is 0.300 e. The molecule has 0 aromatic heterocycles. The number of aromatic hydroxyl groups is 2. The number of hydrogen-bond donors (Lipinski definition) is 6. The zero-order valence-electron chi connectivity index (χ0n) is 16.8. The van der Waals surface area contributed by atoms with Crippen molar-refractivity contribution in [2.75, 3.05) is 26.2 Å². The Balaban J connectivity index is 0.00000103. The van der Waals surface area contributed by atoms with Gasteiger partial charge in [0.2, 0.25) is 17.7 Å². The van der Waals surface area contributed by atoms with Gasteiger partial charge in [0.1, 0.15) is 6.04 Å². The topological polar surface area (TPSA) is 182 Å². The Morgan fingerprint density at radius 3 is 2.43 bits per heavy atom. The van der Waals surface area contributed by atoms with Crippen molar-refractivity contribution >= 4 is 23.7 Å². The van der Waals surface area contributed by atoms with Crippen molar-refractivity contribution in [2.45, 2.75) is 32.2 Å². The molecule has 0 spiro atoms. The molecule has 1 aromatic carbocycles. The van der Waals surface area contributed by atoms with Gasteiger partial charge in [0.15, 0.2) is 11.5 Å². The molecule has 166 valence electrons. The molecule has 0 aliphatic carbocycles. The largest absolute Gasteiger partial charge is 0.504 e. The number of carbonyl (C=O) groups is 4. The zero-order valence-corrected chi connectivity index (χ0v) is 16.8. The number of phenolic OH excluding ortho intramolecular Hbond substituents is 2. The van der Waals surface area contributed by atoms with Crippen LogP contribution in [-0.4, -0.2) is 76.1 Å². The molecule has 7 N–H and O–H groups in total. The van der Waals surface area contributed by atoms with Crippen LogP contribution >= 0.6 is 0 Å². The number of phenols is 2. The smallest absolute Gasteiger partial charge is 0.300 e. The highest BCUT2D eigenvalue weighted by atomic mass is 16.4. The first kappa shape index (κ1) is 24.7. The summed E-state index contributed by atoms with van der Waals surface area (Å²) in [6, 6.07) is 3.93. The normalized spacial score (nSPS) is 15.0. The second kappa shape index (κ2) is 12.3. The molecule has 1 saturated heterocycles. The van der Waals surface area contributed by atoms with Crippen molar-refractivity contribution in [1.29, 1.82) is 0 Å². The molecule has 11 heteroatoms. The van der Waals surface area contributed by atoms with Gasteiger partial charge in [-0.15, -0.1) is 0 Å². The summed E-state index contributed by atoms with van der Waals surface area (Å²) >= 11 is 0. The quantitative estimate of drug-likeness (QED) is 0.298. The van der Waals surface area contributed by atoms with Gasteiger partial charge in [0.25, 0.3) is 5.97 Å². The van der Waals surface area contributed by atoms with Crippen LogP contribution in [0.3, 0.4) is 0 Å². The van der Waals surface area contributed by atoms with Crippen LogP contribution in [0, 0.1) is 0 Å². The predicted octanol–water partition coefficient (Wildman–Crippen LogP) is -1.09. The van der Waals surface area contributed by atoms with Crippen LogP contribution in [0.4, 0.5) is 0 Å². The molecule has 3 amide bonds. The van der Waals surface area contributed by atoms with Crippen LogP contribution in [0.2, 0.25) is 0 Å². The van der Waals surface area contributed by atoms with Gasteiger partial charge in [-0.25, -0.2) is 0 Å². The van der Waals surface area contributed by atoms with Gasteiger partial charge in [-0.2, -0.15) is 0 Å². The SMILES string of the molecule is CC(=O)O.NCC(=O)NCC(=O)N1CCC[C@H]1C(=O)NCCc1ccc(O)c(O)c1. The number of carboxylic acids is 1. The first-order valence-electron chi connectivity index (χ1n) is 9.40. The summed E-state index contributed by atoms with van der Waals surface area (Å²) in [6.45, 7) is 1.53. The summed E-state index contributed by atoms with van der Waals surface area (Å²) in [7, 11) is 0. The standard InChI is InChI=1S/C17H24N4O5.C2H4O2/c18-9-15(24)20-10-16(25)21-7-1-2-12(21)17(26)19-6-5-11-3-4-13(22)14(23)8-11;1-2(3)4/h3-4,8,12,22-23H,1-2,5-7,9-10,18H2,(H,19,26)(H,20,24);1H3,(H,3,4)/t12-;/m0./s1. The molecular formula is C19H28N4O7. The maximum atomic E-state index is 12.4. The molecule has 0 bridgehead atoms. The van der Waals surface area contributed by atoms with Crippen LogP contribution in [-0.2, 0) is 25.6 Å². The van der Waals surface area contributed by atoms with E-state index in [2.05, 4.69) is 10.6 Å². The highest BCUT2D eigenvalue weighted by Gasteiger charge is 2.33. The maximum absolute atomic E-state index is 12.4. The van der Waals surface area contributed by atoms with E-state index in [0.717, 1.165) is 18.9 Å². The number of benzene rings is 1. The third kappa shape index (κ3) is 8.35. The fourth-order valence-electron chi connectivity index (χ4n) is 2.86. The number of nitrogens with one attached hydrogen (secondary N) is 2. The molecular weight excluding hydrogens is 396 g/mol. The van der Waals surface area contributed by atoms with E-state index >= 15 is 0 Å². The molecule has 1 atom stereocenters. The van der Waals surface area contributed by atoms with Crippen molar-refractivity contribution in [3.8, 4) is 11.5 Å². The highest BCUT2D eigenvalue weighted by Crippen LogP contribution is 2.25.